The highest BCUT2D eigenvalue weighted by Crippen LogP contribution is 2.27. The van der Waals surface area contributed by atoms with E-state index in [0.717, 1.165) is 58.7 Å². The number of benzene rings is 1. The second-order valence-corrected chi connectivity index (χ2v) is 12.0. The number of aromatic nitrogens is 3. The number of H-pyrrole nitrogens is 1. The average Bonchev–Trinajstić information content (AvgIpc) is 3.66. The fourth-order valence-electron chi connectivity index (χ4n) is 5.00. The quantitative estimate of drug-likeness (QED) is 0.275. The Hall–Kier alpha value is -3.43. The van der Waals surface area contributed by atoms with Gasteiger partial charge in [0.2, 0.25) is 0 Å². The molecule has 2 amide bonds. The summed E-state index contributed by atoms with van der Waals surface area (Å²) in [6.07, 6.45) is 9.83. The zero-order valence-corrected chi connectivity index (χ0v) is 24.7. The molecule has 5 rings (SSSR count). The van der Waals surface area contributed by atoms with Crippen molar-refractivity contribution in [3.63, 3.8) is 0 Å². The maximum Gasteiger partial charge on any atom is 0.254 e. The van der Waals surface area contributed by atoms with Crippen LogP contribution in [0.25, 0.3) is 12.2 Å². The van der Waals surface area contributed by atoms with Crippen LogP contribution < -0.4 is 10.6 Å². The Bertz CT molecular complexity index is 1450. The number of nitrogens with one attached hydrogen (secondary N) is 3. The zero-order valence-electron chi connectivity index (χ0n) is 23.1. The number of carbonyl (C=O) groups excluding carboxylic acids is 2. The first-order valence-corrected chi connectivity index (χ1v) is 15.1. The van der Waals surface area contributed by atoms with Crippen LogP contribution in [-0.4, -0.2) is 50.8 Å². The molecular formula is C30H35ClN6O2S. The van der Waals surface area contributed by atoms with Crippen LogP contribution >= 0.6 is 22.9 Å². The van der Waals surface area contributed by atoms with Crippen LogP contribution in [-0.2, 0) is 6.42 Å². The number of thiazole rings is 1. The largest absolute Gasteiger partial charge is 0.359 e. The van der Waals surface area contributed by atoms with E-state index in [2.05, 4.69) is 29.5 Å². The van der Waals surface area contributed by atoms with Crippen molar-refractivity contribution >= 4 is 52.0 Å². The topological polar surface area (TPSA) is 103 Å². The van der Waals surface area contributed by atoms with E-state index in [1.54, 1.807) is 29.5 Å². The Labute approximate surface area is 243 Å². The van der Waals surface area contributed by atoms with Crippen LogP contribution in [0.2, 0.25) is 0 Å². The Morgan fingerprint density at radius 3 is 2.75 bits per heavy atom. The van der Waals surface area contributed by atoms with Gasteiger partial charge in [0.15, 0.2) is 5.13 Å². The minimum Gasteiger partial charge on any atom is -0.359 e. The number of amides is 2. The molecule has 0 saturated carbocycles. The van der Waals surface area contributed by atoms with Crippen LogP contribution in [0.3, 0.4) is 0 Å². The molecule has 40 heavy (non-hydrogen) atoms. The van der Waals surface area contributed by atoms with Gasteiger partial charge in [0.05, 0.1) is 23.1 Å². The molecule has 1 aliphatic carbocycles. The SMILES string of the molecule is Cc1cc(C(=O)NC(CCc2csc(NC(C)C)n2)c2nc3c([nH]2)C=C(Cl)CC=C3)ccc1C(=O)N1CCCC1. The first-order valence-electron chi connectivity index (χ1n) is 13.8. The van der Waals surface area contributed by atoms with E-state index in [4.69, 9.17) is 21.6 Å². The molecule has 0 bridgehead atoms. The number of halogens is 1. The van der Waals surface area contributed by atoms with Gasteiger partial charge in [-0.05, 0) is 82.4 Å². The van der Waals surface area contributed by atoms with Gasteiger partial charge >= 0.3 is 0 Å². The lowest BCUT2D eigenvalue weighted by molar-refractivity contribution is 0.0791. The molecule has 1 aliphatic heterocycles. The summed E-state index contributed by atoms with van der Waals surface area (Å²) in [5, 5.41) is 10.2. The minimum atomic E-state index is -0.380. The van der Waals surface area contributed by atoms with E-state index in [0.29, 0.717) is 42.3 Å². The summed E-state index contributed by atoms with van der Waals surface area (Å²) in [5.74, 6) is 0.481. The molecule has 8 nitrogen and oxygen atoms in total. The number of aryl methyl sites for hydroxylation is 2. The minimum absolute atomic E-state index is 0.0336. The van der Waals surface area contributed by atoms with Crippen molar-refractivity contribution in [1.29, 1.82) is 0 Å². The number of fused-ring (bicyclic) bond motifs is 1. The number of hydrogen-bond acceptors (Lipinski definition) is 6. The van der Waals surface area contributed by atoms with Crippen LogP contribution in [0.1, 0.15) is 94.8 Å². The normalized spacial score (nSPS) is 15.5. The first-order chi connectivity index (χ1) is 19.3. The van der Waals surface area contributed by atoms with E-state index in [-0.39, 0.29) is 17.9 Å². The van der Waals surface area contributed by atoms with E-state index >= 15 is 0 Å². The van der Waals surface area contributed by atoms with Crippen molar-refractivity contribution < 1.29 is 9.59 Å². The third-order valence-corrected chi connectivity index (χ3v) is 8.16. The number of nitrogens with zero attached hydrogens (tertiary/aromatic N) is 3. The second kappa shape index (κ2) is 12.4. The molecule has 1 aromatic carbocycles. The molecule has 0 radical (unpaired) electrons. The highest BCUT2D eigenvalue weighted by molar-refractivity contribution is 7.13. The van der Waals surface area contributed by atoms with Gasteiger partial charge in [0, 0.05) is 47.1 Å². The summed E-state index contributed by atoms with van der Waals surface area (Å²) in [4.78, 5) is 41.2. The molecule has 1 fully saturated rings. The molecule has 3 aromatic rings. The maximum absolute atomic E-state index is 13.5. The molecular weight excluding hydrogens is 544 g/mol. The van der Waals surface area contributed by atoms with E-state index < -0.39 is 0 Å². The van der Waals surface area contributed by atoms with Gasteiger partial charge < -0.3 is 20.5 Å². The van der Waals surface area contributed by atoms with E-state index in [1.165, 1.54) is 0 Å². The van der Waals surface area contributed by atoms with Gasteiger partial charge in [-0.2, -0.15) is 0 Å². The molecule has 10 heteroatoms. The maximum atomic E-state index is 13.5. The highest BCUT2D eigenvalue weighted by atomic mass is 35.5. The fraction of sp³-hybridized carbons (Fsp3) is 0.400. The van der Waals surface area contributed by atoms with Crippen LogP contribution in [0, 0.1) is 6.92 Å². The predicted molar refractivity (Wildman–Crippen MR) is 162 cm³/mol. The fourth-order valence-corrected chi connectivity index (χ4v) is 6.09. The number of carbonyl (C=O) groups is 2. The predicted octanol–water partition coefficient (Wildman–Crippen LogP) is 6.33. The van der Waals surface area contributed by atoms with Gasteiger partial charge in [-0.25, -0.2) is 9.97 Å². The van der Waals surface area contributed by atoms with Crippen LogP contribution in [0.5, 0.6) is 0 Å². The lowest BCUT2D eigenvalue weighted by Gasteiger charge is -2.19. The Morgan fingerprint density at radius 2 is 2.00 bits per heavy atom. The number of imidazole rings is 1. The van der Waals surface area contributed by atoms with Gasteiger partial charge in [0.25, 0.3) is 11.8 Å². The van der Waals surface area contributed by atoms with Gasteiger partial charge in [0.1, 0.15) is 5.82 Å². The number of hydrogen-bond donors (Lipinski definition) is 3. The van der Waals surface area contributed by atoms with Gasteiger partial charge in [-0.15, -0.1) is 11.3 Å². The molecule has 1 saturated heterocycles. The lowest BCUT2D eigenvalue weighted by Crippen LogP contribution is -2.30. The van der Waals surface area contributed by atoms with E-state index in [9.17, 15) is 9.59 Å². The standard InChI is InChI=1S/C30H35ClN6O2S/c1-18(2)32-30-33-22(17-40-30)10-12-25(27-34-24-8-6-7-21(31)16-26(24)35-27)36-28(38)20-9-11-23(19(3)15-20)29(39)37-13-4-5-14-37/h6,8-9,11,15-18,25H,4-5,7,10,12-14H2,1-3H3,(H,32,33)(H,34,35)(H,36,38). The molecule has 1 atom stereocenters. The number of allylic oxidation sites excluding steroid dienone is 2. The summed E-state index contributed by atoms with van der Waals surface area (Å²) >= 11 is 7.90. The summed E-state index contributed by atoms with van der Waals surface area (Å²) in [7, 11) is 0. The van der Waals surface area contributed by atoms with Crippen molar-refractivity contribution in [3.8, 4) is 0 Å². The summed E-state index contributed by atoms with van der Waals surface area (Å²) in [6.45, 7) is 7.63. The molecule has 2 aliphatic rings. The molecule has 3 N–H and O–H groups in total. The van der Waals surface area contributed by atoms with Crippen molar-refractivity contribution in [1.82, 2.24) is 25.2 Å². The third kappa shape index (κ3) is 6.64. The van der Waals surface area contributed by atoms with E-state index in [1.807, 2.05) is 35.4 Å². The molecule has 3 heterocycles. The molecule has 0 spiro atoms. The summed E-state index contributed by atoms with van der Waals surface area (Å²) in [6, 6.07) is 5.22. The number of anilines is 1. The first kappa shape index (κ1) is 28.1. The molecule has 1 unspecified atom stereocenters. The lowest BCUT2D eigenvalue weighted by atomic mass is 10.0. The Kier molecular flexibility index (Phi) is 8.71. The monoisotopic (exact) mass is 578 g/mol. The van der Waals surface area contributed by atoms with Gasteiger partial charge in [-0.3, -0.25) is 9.59 Å². The van der Waals surface area contributed by atoms with Gasteiger partial charge in [-0.1, -0.05) is 17.7 Å². The average molecular weight is 579 g/mol. The highest BCUT2D eigenvalue weighted by Gasteiger charge is 2.24. The Balaban J connectivity index is 1.36. The van der Waals surface area contributed by atoms with Crippen molar-refractivity contribution in [2.24, 2.45) is 0 Å². The van der Waals surface area contributed by atoms with Crippen molar-refractivity contribution in [3.05, 3.63) is 74.3 Å². The number of aromatic amines is 1. The summed E-state index contributed by atoms with van der Waals surface area (Å²) < 4.78 is 0. The Morgan fingerprint density at radius 1 is 1.20 bits per heavy atom. The number of rotatable bonds is 9. The van der Waals surface area contributed by atoms with Crippen molar-refractivity contribution in [2.75, 3.05) is 18.4 Å². The molecule has 210 valence electrons. The van der Waals surface area contributed by atoms with Crippen molar-refractivity contribution in [2.45, 2.75) is 65.0 Å². The number of likely N-dealkylation sites (tertiary alicyclic amines) is 1. The van der Waals surface area contributed by atoms with Crippen LogP contribution in [0.4, 0.5) is 5.13 Å². The third-order valence-electron chi connectivity index (χ3n) is 7.07. The molecule has 2 aromatic heterocycles. The zero-order chi connectivity index (χ0) is 28.2. The van der Waals surface area contributed by atoms with Crippen LogP contribution in [0.15, 0.2) is 34.7 Å². The summed E-state index contributed by atoms with van der Waals surface area (Å²) in [5.41, 5.74) is 4.53. The smallest absolute Gasteiger partial charge is 0.254 e. The second-order valence-electron chi connectivity index (χ2n) is 10.7.